The molecule has 2 atom stereocenters. The zero-order chi connectivity index (χ0) is 12.3. The van der Waals surface area contributed by atoms with E-state index in [1.54, 1.807) is 0 Å². The molecule has 0 spiro atoms. The van der Waals surface area contributed by atoms with E-state index in [9.17, 15) is 0 Å². The van der Waals surface area contributed by atoms with Gasteiger partial charge < -0.3 is 9.88 Å². The maximum atomic E-state index is 4.41. The number of hydrogen-bond acceptors (Lipinski definition) is 3. The first-order valence-corrected chi connectivity index (χ1v) is 6.64. The summed E-state index contributed by atoms with van der Waals surface area (Å²) >= 11 is 0. The van der Waals surface area contributed by atoms with E-state index < -0.39 is 0 Å². The molecule has 0 radical (unpaired) electrons. The first-order valence-electron chi connectivity index (χ1n) is 6.64. The number of likely N-dealkylation sites (N-methyl/N-ethyl adjacent to an activating group) is 1. The number of imidazole rings is 1. The summed E-state index contributed by atoms with van der Waals surface area (Å²) in [6.45, 7) is 8.91. The lowest BCUT2D eigenvalue weighted by atomic mass is 9.98. The van der Waals surface area contributed by atoms with Crippen molar-refractivity contribution in [3.05, 3.63) is 18.2 Å². The van der Waals surface area contributed by atoms with Crippen LogP contribution in [0.3, 0.4) is 0 Å². The SMILES string of the molecule is CCC(C)C(CN1CCn2ccnc2C1)NC. The third kappa shape index (κ3) is 2.87. The predicted octanol–water partition coefficient (Wildman–Crippen LogP) is 1.33. The maximum Gasteiger partial charge on any atom is 0.122 e. The van der Waals surface area contributed by atoms with E-state index in [0.29, 0.717) is 6.04 Å². The van der Waals surface area contributed by atoms with Crippen molar-refractivity contribution in [2.24, 2.45) is 5.92 Å². The fourth-order valence-corrected chi connectivity index (χ4v) is 2.50. The maximum absolute atomic E-state index is 4.41. The zero-order valence-electron chi connectivity index (χ0n) is 11.2. The van der Waals surface area contributed by atoms with Crippen molar-refractivity contribution < 1.29 is 0 Å². The minimum atomic E-state index is 0.585. The number of hydrogen-bond donors (Lipinski definition) is 1. The van der Waals surface area contributed by atoms with E-state index in [0.717, 1.165) is 32.1 Å². The van der Waals surface area contributed by atoms with Gasteiger partial charge in [0.2, 0.25) is 0 Å². The van der Waals surface area contributed by atoms with Gasteiger partial charge >= 0.3 is 0 Å². The van der Waals surface area contributed by atoms with Gasteiger partial charge in [0, 0.05) is 38.1 Å². The molecular weight excluding hydrogens is 212 g/mol. The standard InChI is InChI=1S/C13H24N4/c1-4-11(2)12(14-3)9-16-7-8-17-6-5-15-13(17)10-16/h5-6,11-12,14H,4,7-10H2,1-3H3. The number of fused-ring (bicyclic) bond motifs is 1. The monoisotopic (exact) mass is 236 g/mol. The summed E-state index contributed by atoms with van der Waals surface area (Å²) in [5.41, 5.74) is 0. The van der Waals surface area contributed by atoms with Crippen molar-refractivity contribution in [3.8, 4) is 0 Å². The van der Waals surface area contributed by atoms with Gasteiger partial charge in [-0.2, -0.15) is 0 Å². The van der Waals surface area contributed by atoms with Gasteiger partial charge in [-0.05, 0) is 13.0 Å². The largest absolute Gasteiger partial charge is 0.333 e. The Morgan fingerprint density at radius 1 is 1.47 bits per heavy atom. The lowest BCUT2D eigenvalue weighted by Gasteiger charge is -2.33. The molecule has 2 rings (SSSR count). The molecule has 17 heavy (non-hydrogen) atoms. The van der Waals surface area contributed by atoms with Gasteiger partial charge in [-0.3, -0.25) is 4.90 Å². The van der Waals surface area contributed by atoms with Gasteiger partial charge in [-0.1, -0.05) is 20.3 Å². The number of nitrogens with zero attached hydrogens (tertiary/aromatic N) is 3. The topological polar surface area (TPSA) is 33.1 Å². The smallest absolute Gasteiger partial charge is 0.122 e. The molecule has 0 fully saturated rings. The van der Waals surface area contributed by atoms with Crippen LogP contribution in [0.25, 0.3) is 0 Å². The summed E-state index contributed by atoms with van der Waals surface area (Å²) in [5, 5.41) is 3.45. The third-order valence-electron chi connectivity index (χ3n) is 3.98. The molecule has 1 N–H and O–H groups in total. The highest BCUT2D eigenvalue weighted by atomic mass is 15.2. The molecule has 1 aromatic heterocycles. The highest BCUT2D eigenvalue weighted by Gasteiger charge is 2.21. The highest BCUT2D eigenvalue weighted by Crippen LogP contribution is 2.14. The summed E-state index contributed by atoms with van der Waals surface area (Å²) in [6.07, 6.45) is 5.22. The quantitative estimate of drug-likeness (QED) is 0.837. The van der Waals surface area contributed by atoms with Crippen LogP contribution in [-0.4, -0.2) is 40.6 Å². The second-order valence-corrected chi connectivity index (χ2v) is 5.05. The van der Waals surface area contributed by atoms with E-state index in [1.165, 1.54) is 12.2 Å². The molecule has 0 saturated heterocycles. The van der Waals surface area contributed by atoms with Gasteiger partial charge in [0.15, 0.2) is 0 Å². The summed E-state index contributed by atoms with van der Waals surface area (Å²) < 4.78 is 2.26. The van der Waals surface area contributed by atoms with E-state index >= 15 is 0 Å². The Bertz CT molecular complexity index is 347. The van der Waals surface area contributed by atoms with E-state index in [1.807, 2.05) is 6.20 Å². The van der Waals surface area contributed by atoms with Crippen LogP contribution in [0.15, 0.2) is 12.4 Å². The summed E-state index contributed by atoms with van der Waals surface area (Å²) in [7, 11) is 2.07. The van der Waals surface area contributed by atoms with Gasteiger partial charge in [0.1, 0.15) is 5.82 Å². The fourth-order valence-electron chi connectivity index (χ4n) is 2.50. The molecular formula is C13H24N4. The van der Waals surface area contributed by atoms with Crippen LogP contribution in [-0.2, 0) is 13.1 Å². The summed E-state index contributed by atoms with van der Waals surface area (Å²) in [5.74, 6) is 1.93. The molecule has 0 bridgehead atoms. The van der Waals surface area contributed by atoms with Crippen molar-refractivity contribution >= 4 is 0 Å². The molecule has 96 valence electrons. The Morgan fingerprint density at radius 2 is 2.29 bits per heavy atom. The average molecular weight is 236 g/mol. The highest BCUT2D eigenvalue weighted by molar-refractivity contribution is 4.96. The van der Waals surface area contributed by atoms with Crippen LogP contribution >= 0.6 is 0 Å². The van der Waals surface area contributed by atoms with E-state index in [-0.39, 0.29) is 0 Å². The van der Waals surface area contributed by atoms with Crippen molar-refractivity contribution in [1.82, 2.24) is 19.8 Å². The summed E-state index contributed by atoms with van der Waals surface area (Å²) in [6, 6.07) is 0.585. The fraction of sp³-hybridized carbons (Fsp3) is 0.769. The molecule has 4 heteroatoms. The second kappa shape index (κ2) is 5.65. The lowest BCUT2D eigenvalue weighted by Crippen LogP contribution is -2.45. The molecule has 1 aromatic rings. The molecule has 1 aliphatic rings. The molecule has 0 saturated carbocycles. The number of aromatic nitrogens is 2. The van der Waals surface area contributed by atoms with Crippen LogP contribution in [0.1, 0.15) is 26.1 Å². The molecule has 1 aliphatic heterocycles. The average Bonchev–Trinajstić information content (AvgIpc) is 2.82. The van der Waals surface area contributed by atoms with Crippen molar-refractivity contribution in [3.63, 3.8) is 0 Å². The second-order valence-electron chi connectivity index (χ2n) is 5.05. The van der Waals surface area contributed by atoms with Crippen LogP contribution in [0.2, 0.25) is 0 Å². The Morgan fingerprint density at radius 3 is 3.00 bits per heavy atom. The van der Waals surface area contributed by atoms with Crippen molar-refractivity contribution in [2.75, 3.05) is 20.1 Å². The lowest BCUT2D eigenvalue weighted by molar-refractivity contribution is 0.177. The van der Waals surface area contributed by atoms with Gasteiger partial charge in [-0.15, -0.1) is 0 Å². The first kappa shape index (κ1) is 12.6. The zero-order valence-corrected chi connectivity index (χ0v) is 11.2. The van der Waals surface area contributed by atoms with Gasteiger partial charge in [0.05, 0.1) is 6.54 Å². The van der Waals surface area contributed by atoms with Crippen LogP contribution in [0.5, 0.6) is 0 Å². The molecule has 0 aromatic carbocycles. The van der Waals surface area contributed by atoms with E-state index in [2.05, 4.69) is 46.9 Å². The Kier molecular flexibility index (Phi) is 4.18. The molecule has 0 amide bonds. The third-order valence-corrected chi connectivity index (χ3v) is 3.98. The predicted molar refractivity (Wildman–Crippen MR) is 69.8 cm³/mol. The Balaban J connectivity index is 1.92. The van der Waals surface area contributed by atoms with Crippen LogP contribution in [0, 0.1) is 5.92 Å². The molecule has 2 heterocycles. The van der Waals surface area contributed by atoms with Crippen LogP contribution < -0.4 is 5.32 Å². The number of rotatable bonds is 5. The Hall–Kier alpha value is -0.870. The normalized spacial score (nSPS) is 19.9. The van der Waals surface area contributed by atoms with Crippen molar-refractivity contribution in [1.29, 1.82) is 0 Å². The van der Waals surface area contributed by atoms with Crippen LogP contribution in [0.4, 0.5) is 0 Å². The van der Waals surface area contributed by atoms with Crippen molar-refractivity contribution in [2.45, 2.75) is 39.4 Å². The summed E-state index contributed by atoms with van der Waals surface area (Å²) in [4.78, 5) is 6.92. The van der Waals surface area contributed by atoms with Gasteiger partial charge in [-0.25, -0.2) is 4.98 Å². The first-order chi connectivity index (χ1) is 8.24. The van der Waals surface area contributed by atoms with Gasteiger partial charge in [0.25, 0.3) is 0 Å². The molecule has 4 nitrogen and oxygen atoms in total. The minimum Gasteiger partial charge on any atom is -0.333 e. The molecule has 2 unspecified atom stereocenters. The minimum absolute atomic E-state index is 0.585. The molecule has 0 aliphatic carbocycles. The Labute approximate surface area is 104 Å². The van der Waals surface area contributed by atoms with E-state index in [4.69, 9.17) is 0 Å². The number of nitrogens with one attached hydrogen (secondary N) is 1.